The van der Waals surface area contributed by atoms with Crippen LogP contribution in [0.25, 0.3) is 11.0 Å². The van der Waals surface area contributed by atoms with E-state index in [2.05, 4.69) is 21.4 Å². The molecule has 0 aliphatic heterocycles. The lowest BCUT2D eigenvalue weighted by Crippen LogP contribution is -2.16. The zero-order chi connectivity index (χ0) is 21.9. The highest BCUT2D eigenvalue weighted by atomic mass is 19.1. The number of aliphatic carboxylic acids is 2. The minimum Gasteiger partial charge on any atom is -0.497 e. The number of pyridine rings is 1. The van der Waals surface area contributed by atoms with Crippen LogP contribution in [-0.2, 0) is 22.6 Å². The molecule has 0 aliphatic carbocycles. The van der Waals surface area contributed by atoms with Crippen molar-refractivity contribution in [3.05, 3.63) is 71.8 Å². The Labute approximate surface area is 172 Å². The second kappa shape index (κ2) is 11.3. The van der Waals surface area contributed by atoms with Gasteiger partial charge < -0.3 is 25.3 Å². The van der Waals surface area contributed by atoms with Crippen molar-refractivity contribution >= 4 is 23.0 Å². The molecule has 9 heteroatoms. The van der Waals surface area contributed by atoms with Gasteiger partial charge in [0.05, 0.1) is 13.3 Å². The van der Waals surface area contributed by atoms with Crippen LogP contribution in [-0.4, -0.2) is 45.8 Å². The summed E-state index contributed by atoms with van der Waals surface area (Å²) >= 11 is 0. The molecule has 0 amide bonds. The van der Waals surface area contributed by atoms with Crippen molar-refractivity contribution < 1.29 is 28.9 Å². The van der Waals surface area contributed by atoms with Crippen LogP contribution in [0.5, 0.6) is 5.75 Å². The first-order valence-corrected chi connectivity index (χ1v) is 8.98. The van der Waals surface area contributed by atoms with E-state index in [0.717, 1.165) is 41.9 Å². The fourth-order valence-corrected chi connectivity index (χ4v) is 2.62. The number of halogens is 1. The molecule has 0 aliphatic rings. The van der Waals surface area contributed by atoms with Crippen LogP contribution in [0.1, 0.15) is 11.1 Å². The number of hydrogen-bond acceptors (Lipinski definition) is 5. The summed E-state index contributed by atoms with van der Waals surface area (Å²) in [5, 5.41) is 19.9. The van der Waals surface area contributed by atoms with Crippen LogP contribution in [0.3, 0.4) is 0 Å². The number of aromatic amines is 1. The lowest BCUT2D eigenvalue weighted by atomic mass is 10.1. The van der Waals surface area contributed by atoms with E-state index in [1.54, 1.807) is 7.11 Å². The average molecular weight is 415 g/mol. The molecule has 0 bridgehead atoms. The monoisotopic (exact) mass is 415 g/mol. The highest BCUT2D eigenvalue weighted by Crippen LogP contribution is 2.17. The lowest BCUT2D eigenvalue weighted by Gasteiger charge is -2.06. The predicted molar refractivity (Wildman–Crippen MR) is 109 cm³/mol. The fraction of sp³-hybridized carbons (Fsp3) is 0.190. The van der Waals surface area contributed by atoms with Crippen LogP contribution < -0.4 is 10.1 Å². The van der Waals surface area contributed by atoms with Crippen LogP contribution >= 0.6 is 0 Å². The standard InChI is InChI=1S/C17H18FN3O.C4H4O4/c1-22-15-4-2-3-12(7-15)9-19-6-5-13-10-20-17-16(13)8-14(18)11-21-17;5-3(6)1-2-4(7)8/h2-4,7-8,10-11,19H,5-6,9H2,1H3,(H,20,21);1-2H,(H,5,6)(H,7,8)/b;2-1-. The number of benzene rings is 1. The topological polar surface area (TPSA) is 125 Å². The van der Waals surface area contributed by atoms with Crippen LogP contribution in [0, 0.1) is 5.82 Å². The van der Waals surface area contributed by atoms with Gasteiger partial charge in [-0.25, -0.2) is 19.0 Å². The van der Waals surface area contributed by atoms with Gasteiger partial charge in [0.25, 0.3) is 0 Å². The Morgan fingerprint density at radius 2 is 1.97 bits per heavy atom. The SMILES string of the molecule is COc1cccc(CNCCc2c[nH]c3ncc(F)cc23)c1.O=C(O)/C=C\C(=O)O. The molecule has 8 nitrogen and oxygen atoms in total. The number of ether oxygens (including phenoxy) is 1. The van der Waals surface area contributed by atoms with Gasteiger partial charge in [-0.15, -0.1) is 0 Å². The van der Waals surface area contributed by atoms with Gasteiger partial charge in [-0.2, -0.15) is 0 Å². The van der Waals surface area contributed by atoms with Gasteiger partial charge in [0.1, 0.15) is 17.2 Å². The summed E-state index contributed by atoms with van der Waals surface area (Å²) in [4.78, 5) is 26.2. The van der Waals surface area contributed by atoms with Gasteiger partial charge in [0, 0.05) is 30.3 Å². The van der Waals surface area contributed by atoms with Crippen molar-refractivity contribution in [3.63, 3.8) is 0 Å². The van der Waals surface area contributed by atoms with E-state index in [9.17, 15) is 14.0 Å². The molecular formula is C21H22FN3O5. The molecule has 30 heavy (non-hydrogen) atoms. The number of nitrogens with one attached hydrogen (secondary N) is 2. The summed E-state index contributed by atoms with van der Waals surface area (Å²) in [7, 11) is 1.66. The molecule has 0 atom stereocenters. The number of nitrogens with zero attached hydrogens (tertiary/aromatic N) is 1. The Balaban J connectivity index is 0.000000343. The minimum absolute atomic E-state index is 0.308. The number of hydrogen-bond donors (Lipinski definition) is 4. The van der Waals surface area contributed by atoms with Crippen molar-refractivity contribution in [3.8, 4) is 5.75 Å². The zero-order valence-electron chi connectivity index (χ0n) is 16.3. The lowest BCUT2D eigenvalue weighted by molar-refractivity contribution is -0.134. The number of fused-ring (bicyclic) bond motifs is 1. The maximum absolute atomic E-state index is 13.3. The molecule has 158 valence electrons. The van der Waals surface area contributed by atoms with Gasteiger partial charge in [-0.1, -0.05) is 12.1 Å². The largest absolute Gasteiger partial charge is 0.497 e. The highest BCUT2D eigenvalue weighted by molar-refractivity contribution is 5.89. The van der Waals surface area contributed by atoms with Gasteiger partial charge >= 0.3 is 11.9 Å². The normalized spacial score (nSPS) is 10.6. The fourth-order valence-electron chi connectivity index (χ4n) is 2.62. The second-order valence-corrected chi connectivity index (χ2v) is 6.15. The van der Waals surface area contributed by atoms with E-state index >= 15 is 0 Å². The maximum atomic E-state index is 13.3. The van der Waals surface area contributed by atoms with Gasteiger partial charge in [0.2, 0.25) is 0 Å². The third-order valence-electron chi connectivity index (χ3n) is 3.99. The van der Waals surface area contributed by atoms with E-state index in [-0.39, 0.29) is 5.82 Å². The second-order valence-electron chi connectivity index (χ2n) is 6.15. The van der Waals surface area contributed by atoms with E-state index in [1.165, 1.54) is 17.8 Å². The number of carboxylic acids is 2. The Morgan fingerprint density at radius 1 is 1.23 bits per heavy atom. The van der Waals surface area contributed by atoms with Crippen LogP contribution in [0.15, 0.2) is 54.9 Å². The molecule has 0 radical (unpaired) electrons. The molecule has 0 unspecified atom stereocenters. The number of methoxy groups -OCH3 is 1. The Bertz CT molecular complexity index is 1020. The number of aromatic nitrogens is 2. The molecule has 2 aromatic heterocycles. The summed E-state index contributed by atoms with van der Waals surface area (Å²) in [6.45, 7) is 1.58. The Kier molecular flexibility index (Phi) is 8.52. The maximum Gasteiger partial charge on any atom is 0.328 e. The van der Waals surface area contributed by atoms with Gasteiger partial charge in [-0.3, -0.25) is 0 Å². The van der Waals surface area contributed by atoms with Crippen molar-refractivity contribution in [1.29, 1.82) is 0 Å². The molecule has 3 aromatic rings. The first-order chi connectivity index (χ1) is 14.4. The third-order valence-corrected chi connectivity index (χ3v) is 3.99. The summed E-state index contributed by atoms with van der Waals surface area (Å²) < 4.78 is 18.5. The number of H-pyrrole nitrogens is 1. The quantitative estimate of drug-likeness (QED) is 0.329. The Hall–Kier alpha value is -3.72. The number of rotatable bonds is 8. The predicted octanol–water partition coefficient (Wildman–Crippen LogP) is 2.75. The van der Waals surface area contributed by atoms with E-state index in [4.69, 9.17) is 14.9 Å². The molecule has 2 heterocycles. The zero-order valence-corrected chi connectivity index (χ0v) is 16.3. The molecule has 0 spiro atoms. The molecule has 4 N–H and O–H groups in total. The third kappa shape index (κ3) is 7.36. The van der Waals surface area contributed by atoms with Crippen molar-refractivity contribution in [2.75, 3.05) is 13.7 Å². The van der Waals surface area contributed by atoms with E-state index < -0.39 is 11.9 Å². The summed E-state index contributed by atoms with van der Waals surface area (Å²) in [5.41, 5.74) is 2.97. The number of carbonyl (C=O) groups is 2. The molecule has 3 rings (SSSR count). The average Bonchev–Trinajstić information content (AvgIpc) is 3.12. The Morgan fingerprint density at radius 3 is 2.63 bits per heavy atom. The van der Waals surface area contributed by atoms with Gasteiger partial charge in [-0.05, 0) is 42.3 Å². The van der Waals surface area contributed by atoms with Crippen molar-refractivity contribution in [1.82, 2.24) is 15.3 Å². The van der Waals surface area contributed by atoms with Gasteiger partial charge in [0.15, 0.2) is 0 Å². The van der Waals surface area contributed by atoms with Crippen molar-refractivity contribution in [2.24, 2.45) is 0 Å². The number of carboxylic acid groups (broad SMARTS) is 2. The van der Waals surface area contributed by atoms with E-state index in [0.29, 0.717) is 12.2 Å². The minimum atomic E-state index is -1.26. The van der Waals surface area contributed by atoms with Crippen LogP contribution in [0.2, 0.25) is 0 Å². The molecule has 0 saturated heterocycles. The first kappa shape index (κ1) is 22.6. The van der Waals surface area contributed by atoms with E-state index in [1.807, 2.05) is 24.4 Å². The molecule has 1 aromatic carbocycles. The summed E-state index contributed by atoms with van der Waals surface area (Å²) in [5.74, 6) is -1.96. The van der Waals surface area contributed by atoms with Crippen molar-refractivity contribution in [2.45, 2.75) is 13.0 Å². The molecule has 0 saturated carbocycles. The molecule has 0 fully saturated rings. The molecular weight excluding hydrogens is 393 g/mol. The first-order valence-electron chi connectivity index (χ1n) is 8.98. The smallest absolute Gasteiger partial charge is 0.328 e. The summed E-state index contributed by atoms with van der Waals surface area (Å²) in [6, 6.07) is 9.50. The summed E-state index contributed by atoms with van der Waals surface area (Å²) in [6.07, 6.45) is 5.05. The van der Waals surface area contributed by atoms with Crippen LogP contribution in [0.4, 0.5) is 4.39 Å². The highest BCUT2D eigenvalue weighted by Gasteiger charge is 2.05.